The summed E-state index contributed by atoms with van der Waals surface area (Å²) in [5, 5.41) is 9.08. The van der Waals surface area contributed by atoms with Gasteiger partial charge in [-0.15, -0.1) is 0 Å². The van der Waals surface area contributed by atoms with Crippen molar-refractivity contribution in [2.24, 2.45) is 0 Å². The van der Waals surface area contributed by atoms with Gasteiger partial charge in [0.25, 0.3) is 0 Å². The summed E-state index contributed by atoms with van der Waals surface area (Å²) in [6.07, 6.45) is -0.0665. The molecule has 0 bridgehead atoms. The van der Waals surface area contributed by atoms with E-state index < -0.39 is 0 Å². The van der Waals surface area contributed by atoms with Crippen molar-refractivity contribution < 1.29 is 14.6 Å². The van der Waals surface area contributed by atoms with Gasteiger partial charge in [-0.2, -0.15) is 0 Å². The molecule has 0 aliphatic rings. The number of ether oxygens (including phenoxy) is 2. The van der Waals surface area contributed by atoms with E-state index in [0.717, 1.165) is 28.2 Å². The molecule has 3 rings (SSSR count). The SMILES string of the molecule is CC(Oc1ccc(CO)cc1)c1ccc(OCc2ccccc2)cc1. The maximum absolute atomic E-state index is 9.08. The van der Waals surface area contributed by atoms with Crippen LogP contribution in [0.25, 0.3) is 0 Å². The van der Waals surface area contributed by atoms with Crippen LogP contribution in [0.4, 0.5) is 0 Å². The van der Waals surface area contributed by atoms with Gasteiger partial charge in [-0.25, -0.2) is 0 Å². The number of hydrogen-bond acceptors (Lipinski definition) is 3. The molecule has 0 aromatic heterocycles. The molecule has 0 saturated carbocycles. The fourth-order valence-corrected chi connectivity index (χ4v) is 2.52. The van der Waals surface area contributed by atoms with E-state index in [0.29, 0.717) is 6.61 Å². The minimum absolute atomic E-state index is 0.0419. The Kier molecular flexibility index (Phi) is 5.70. The molecule has 1 atom stereocenters. The molecule has 3 heteroatoms. The highest BCUT2D eigenvalue weighted by molar-refractivity contribution is 5.31. The minimum Gasteiger partial charge on any atom is -0.489 e. The van der Waals surface area contributed by atoms with Crippen molar-refractivity contribution in [1.82, 2.24) is 0 Å². The van der Waals surface area contributed by atoms with Gasteiger partial charge < -0.3 is 14.6 Å². The summed E-state index contributed by atoms with van der Waals surface area (Å²) in [5.74, 6) is 1.63. The normalized spacial score (nSPS) is 11.8. The van der Waals surface area contributed by atoms with Crippen molar-refractivity contribution in [2.75, 3.05) is 0 Å². The molecule has 0 spiro atoms. The van der Waals surface area contributed by atoms with E-state index in [9.17, 15) is 0 Å². The second-order valence-corrected chi connectivity index (χ2v) is 5.91. The highest BCUT2D eigenvalue weighted by atomic mass is 16.5. The summed E-state index contributed by atoms with van der Waals surface area (Å²) in [6.45, 7) is 2.61. The summed E-state index contributed by atoms with van der Waals surface area (Å²) < 4.78 is 11.8. The number of rotatable bonds is 7. The zero-order valence-electron chi connectivity index (χ0n) is 14.3. The molecular formula is C22H22O3. The van der Waals surface area contributed by atoms with Crippen LogP contribution in [0.15, 0.2) is 78.9 Å². The zero-order valence-corrected chi connectivity index (χ0v) is 14.3. The lowest BCUT2D eigenvalue weighted by atomic mass is 10.1. The largest absolute Gasteiger partial charge is 0.489 e. The lowest BCUT2D eigenvalue weighted by Gasteiger charge is -2.16. The third-order valence-electron chi connectivity index (χ3n) is 4.02. The third-order valence-corrected chi connectivity index (χ3v) is 4.02. The minimum atomic E-state index is -0.0665. The van der Waals surface area contributed by atoms with Gasteiger partial charge in [0.2, 0.25) is 0 Å². The highest BCUT2D eigenvalue weighted by Gasteiger charge is 2.08. The molecule has 0 heterocycles. The second-order valence-electron chi connectivity index (χ2n) is 5.91. The first-order valence-corrected chi connectivity index (χ1v) is 8.38. The van der Waals surface area contributed by atoms with Crippen LogP contribution in [0, 0.1) is 0 Å². The lowest BCUT2D eigenvalue weighted by Crippen LogP contribution is -2.03. The van der Waals surface area contributed by atoms with Gasteiger partial charge in [0.05, 0.1) is 6.61 Å². The Balaban J connectivity index is 1.57. The topological polar surface area (TPSA) is 38.7 Å². The summed E-state index contributed by atoms with van der Waals surface area (Å²) in [5.41, 5.74) is 3.10. The molecule has 25 heavy (non-hydrogen) atoms. The van der Waals surface area contributed by atoms with E-state index >= 15 is 0 Å². The van der Waals surface area contributed by atoms with E-state index in [1.165, 1.54) is 0 Å². The fourth-order valence-electron chi connectivity index (χ4n) is 2.52. The molecule has 0 aliphatic heterocycles. The van der Waals surface area contributed by atoms with Crippen LogP contribution in [0.2, 0.25) is 0 Å². The molecule has 3 nitrogen and oxygen atoms in total. The Morgan fingerprint density at radius 1 is 0.760 bits per heavy atom. The molecule has 3 aromatic carbocycles. The molecule has 0 saturated heterocycles. The molecule has 128 valence electrons. The van der Waals surface area contributed by atoms with Crippen molar-refractivity contribution >= 4 is 0 Å². The van der Waals surface area contributed by atoms with E-state index in [-0.39, 0.29) is 12.7 Å². The summed E-state index contributed by atoms with van der Waals surface area (Å²) in [4.78, 5) is 0. The Labute approximate surface area is 148 Å². The number of benzene rings is 3. The number of aliphatic hydroxyl groups excluding tert-OH is 1. The van der Waals surface area contributed by atoms with Crippen LogP contribution < -0.4 is 9.47 Å². The monoisotopic (exact) mass is 334 g/mol. The number of aliphatic hydroxyl groups is 1. The smallest absolute Gasteiger partial charge is 0.121 e. The zero-order chi connectivity index (χ0) is 17.5. The molecular weight excluding hydrogens is 312 g/mol. The lowest BCUT2D eigenvalue weighted by molar-refractivity contribution is 0.226. The summed E-state index contributed by atoms with van der Waals surface area (Å²) >= 11 is 0. The van der Waals surface area contributed by atoms with Crippen molar-refractivity contribution in [2.45, 2.75) is 26.2 Å². The number of hydrogen-bond donors (Lipinski definition) is 1. The van der Waals surface area contributed by atoms with Crippen LogP contribution >= 0.6 is 0 Å². The van der Waals surface area contributed by atoms with Gasteiger partial charge in [-0.05, 0) is 47.9 Å². The van der Waals surface area contributed by atoms with Crippen molar-refractivity contribution in [3.63, 3.8) is 0 Å². The average molecular weight is 334 g/mol. The van der Waals surface area contributed by atoms with Gasteiger partial charge in [-0.3, -0.25) is 0 Å². The Hall–Kier alpha value is -2.78. The van der Waals surface area contributed by atoms with Gasteiger partial charge in [0.1, 0.15) is 24.2 Å². The molecule has 0 fully saturated rings. The molecule has 3 aromatic rings. The maximum Gasteiger partial charge on any atom is 0.121 e. The quantitative estimate of drug-likeness (QED) is 0.668. The van der Waals surface area contributed by atoms with Crippen molar-refractivity contribution in [1.29, 1.82) is 0 Å². The van der Waals surface area contributed by atoms with Crippen molar-refractivity contribution in [3.8, 4) is 11.5 Å². The highest BCUT2D eigenvalue weighted by Crippen LogP contribution is 2.24. The first kappa shape index (κ1) is 17.1. The average Bonchev–Trinajstić information content (AvgIpc) is 2.68. The van der Waals surface area contributed by atoms with Crippen molar-refractivity contribution in [3.05, 3.63) is 95.6 Å². The summed E-state index contributed by atoms with van der Waals surface area (Å²) in [7, 11) is 0. The van der Waals surface area contributed by atoms with E-state index in [1.54, 1.807) is 0 Å². The fraction of sp³-hybridized carbons (Fsp3) is 0.182. The van der Waals surface area contributed by atoms with Crippen LogP contribution in [-0.2, 0) is 13.2 Å². The standard InChI is InChI=1S/C22H22O3/c1-17(25-22-11-7-18(15-23)8-12-22)20-9-13-21(14-10-20)24-16-19-5-3-2-4-6-19/h2-14,17,23H,15-16H2,1H3. The predicted octanol–water partition coefficient (Wildman–Crippen LogP) is 4.90. The van der Waals surface area contributed by atoms with Gasteiger partial charge >= 0.3 is 0 Å². The molecule has 0 radical (unpaired) electrons. The van der Waals surface area contributed by atoms with Crippen LogP contribution in [0.3, 0.4) is 0 Å². The summed E-state index contributed by atoms with van der Waals surface area (Å²) in [6, 6.07) is 25.6. The first-order valence-electron chi connectivity index (χ1n) is 8.38. The Bertz CT molecular complexity index is 765. The van der Waals surface area contributed by atoms with Gasteiger partial charge in [0, 0.05) is 0 Å². The van der Waals surface area contributed by atoms with Gasteiger partial charge in [-0.1, -0.05) is 54.6 Å². The van der Waals surface area contributed by atoms with Crippen LogP contribution in [0.1, 0.15) is 29.7 Å². The Morgan fingerprint density at radius 3 is 2.04 bits per heavy atom. The molecule has 0 amide bonds. The predicted molar refractivity (Wildman–Crippen MR) is 98.6 cm³/mol. The van der Waals surface area contributed by atoms with Crippen LogP contribution in [0.5, 0.6) is 11.5 Å². The van der Waals surface area contributed by atoms with Gasteiger partial charge in [0.15, 0.2) is 0 Å². The second kappa shape index (κ2) is 8.36. The maximum atomic E-state index is 9.08. The van der Waals surface area contributed by atoms with E-state index in [1.807, 2.05) is 85.8 Å². The first-order chi connectivity index (χ1) is 12.2. The molecule has 0 aliphatic carbocycles. The molecule has 1 unspecified atom stereocenters. The Morgan fingerprint density at radius 2 is 1.40 bits per heavy atom. The van der Waals surface area contributed by atoms with E-state index in [2.05, 4.69) is 0 Å². The molecule has 1 N–H and O–H groups in total. The van der Waals surface area contributed by atoms with Crippen LogP contribution in [-0.4, -0.2) is 5.11 Å². The third kappa shape index (κ3) is 4.85. The van der Waals surface area contributed by atoms with E-state index in [4.69, 9.17) is 14.6 Å².